The SMILES string of the molecule is CCOCCCN(CC(=O)N(Cc1ccccc1)Cc1ccc(C)o1)C(=O)c1cccc(Br)c1. The summed E-state index contributed by atoms with van der Waals surface area (Å²) in [5, 5.41) is 0. The van der Waals surface area contributed by atoms with E-state index in [2.05, 4.69) is 15.9 Å². The molecule has 7 heteroatoms. The van der Waals surface area contributed by atoms with Gasteiger partial charge in [0.1, 0.15) is 18.1 Å². The van der Waals surface area contributed by atoms with Crippen LogP contribution < -0.4 is 0 Å². The Hall–Kier alpha value is -2.90. The van der Waals surface area contributed by atoms with Crippen LogP contribution in [0.4, 0.5) is 0 Å². The van der Waals surface area contributed by atoms with E-state index in [1.165, 1.54) is 0 Å². The molecule has 1 aromatic heterocycles. The third kappa shape index (κ3) is 7.85. The summed E-state index contributed by atoms with van der Waals surface area (Å²) in [5.74, 6) is 1.19. The van der Waals surface area contributed by atoms with Crippen molar-refractivity contribution in [3.8, 4) is 0 Å². The zero-order valence-corrected chi connectivity index (χ0v) is 21.3. The van der Waals surface area contributed by atoms with Crippen LogP contribution >= 0.6 is 15.9 Å². The van der Waals surface area contributed by atoms with Gasteiger partial charge in [0.2, 0.25) is 5.91 Å². The molecule has 0 atom stereocenters. The Morgan fingerprint density at radius 2 is 1.76 bits per heavy atom. The molecule has 0 aliphatic heterocycles. The second-order valence-corrected chi connectivity index (χ2v) is 8.95. The van der Waals surface area contributed by atoms with E-state index in [9.17, 15) is 9.59 Å². The molecule has 0 unspecified atom stereocenters. The summed E-state index contributed by atoms with van der Waals surface area (Å²) in [6, 6.07) is 20.8. The summed E-state index contributed by atoms with van der Waals surface area (Å²) in [7, 11) is 0. The van der Waals surface area contributed by atoms with Crippen molar-refractivity contribution in [2.75, 3.05) is 26.3 Å². The summed E-state index contributed by atoms with van der Waals surface area (Å²) in [5.41, 5.74) is 1.55. The highest BCUT2D eigenvalue weighted by Crippen LogP contribution is 2.16. The van der Waals surface area contributed by atoms with Crippen LogP contribution in [0.5, 0.6) is 0 Å². The first kappa shape index (κ1) is 25.7. The Bertz CT molecular complexity index is 1070. The Morgan fingerprint density at radius 3 is 2.44 bits per heavy atom. The molecule has 0 radical (unpaired) electrons. The Balaban J connectivity index is 1.79. The van der Waals surface area contributed by atoms with E-state index < -0.39 is 0 Å². The number of hydrogen-bond acceptors (Lipinski definition) is 4. The Kier molecular flexibility index (Phi) is 9.91. The monoisotopic (exact) mass is 526 g/mol. The molecule has 0 aliphatic carbocycles. The third-order valence-corrected chi connectivity index (χ3v) is 5.81. The predicted octanol–water partition coefficient (Wildman–Crippen LogP) is 5.45. The molecular formula is C27H31BrN2O4. The van der Waals surface area contributed by atoms with E-state index in [1.807, 2.05) is 68.4 Å². The van der Waals surface area contributed by atoms with Gasteiger partial charge >= 0.3 is 0 Å². The Morgan fingerprint density at radius 1 is 0.971 bits per heavy atom. The molecule has 3 rings (SSSR count). The van der Waals surface area contributed by atoms with Crippen LogP contribution in [-0.4, -0.2) is 47.9 Å². The lowest BCUT2D eigenvalue weighted by Crippen LogP contribution is -2.43. The fourth-order valence-corrected chi connectivity index (χ4v) is 4.02. The highest BCUT2D eigenvalue weighted by atomic mass is 79.9. The average Bonchev–Trinajstić information content (AvgIpc) is 3.25. The summed E-state index contributed by atoms with van der Waals surface area (Å²) >= 11 is 3.43. The molecule has 0 fully saturated rings. The van der Waals surface area contributed by atoms with Crippen molar-refractivity contribution in [3.63, 3.8) is 0 Å². The number of halogens is 1. The lowest BCUT2D eigenvalue weighted by atomic mass is 10.2. The first-order valence-corrected chi connectivity index (χ1v) is 12.2. The zero-order valence-electron chi connectivity index (χ0n) is 19.7. The number of amides is 2. The van der Waals surface area contributed by atoms with Crippen LogP contribution in [-0.2, 0) is 22.6 Å². The summed E-state index contributed by atoms with van der Waals surface area (Å²) in [4.78, 5) is 30.2. The van der Waals surface area contributed by atoms with E-state index in [-0.39, 0.29) is 18.4 Å². The highest BCUT2D eigenvalue weighted by Gasteiger charge is 2.23. The molecule has 2 aromatic carbocycles. The predicted molar refractivity (Wildman–Crippen MR) is 135 cm³/mol. The first-order chi connectivity index (χ1) is 16.5. The largest absolute Gasteiger partial charge is 0.464 e. The number of aryl methyl sites for hydroxylation is 1. The maximum absolute atomic E-state index is 13.5. The molecule has 3 aromatic rings. The van der Waals surface area contributed by atoms with Gasteiger partial charge in [-0.05, 0) is 56.2 Å². The average molecular weight is 527 g/mol. The smallest absolute Gasteiger partial charge is 0.254 e. The molecular weight excluding hydrogens is 496 g/mol. The van der Waals surface area contributed by atoms with E-state index >= 15 is 0 Å². The van der Waals surface area contributed by atoms with E-state index in [0.717, 1.165) is 15.8 Å². The second-order valence-electron chi connectivity index (χ2n) is 8.04. The van der Waals surface area contributed by atoms with Gasteiger partial charge in [-0.15, -0.1) is 0 Å². The van der Waals surface area contributed by atoms with Crippen LogP contribution in [0.15, 0.2) is 75.6 Å². The molecule has 34 heavy (non-hydrogen) atoms. The molecule has 2 amide bonds. The number of carbonyl (C=O) groups excluding carboxylic acids is 2. The van der Waals surface area contributed by atoms with Crippen molar-refractivity contribution < 1.29 is 18.7 Å². The summed E-state index contributed by atoms with van der Waals surface area (Å²) in [6.45, 7) is 6.13. The van der Waals surface area contributed by atoms with Gasteiger partial charge in [-0.3, -0.25) is 9.59 Å². The van der Waals surface area contributed by atoms with Gasteiger partial charge in [0, 0.05) is 36.3 Å². The lowest BCUT2D eigenvalue weighted by Gasteiger charge is -2.27. The number of nitrogens with zero attached hydrogens (tertiary/aromatic N) is 2. The number of hydrogen-bond donors (Lipinski definition) is 0. The molecule has 1 heterocycles. The van der Waals surface area contributed by atoms with Crippen molar-refractivity contribution >= 4 is 27.7 Å². The second kappa shape index (κ2) is 13.1. The first-order valence-electron chi connectivity index (χ1n) is 11.5. The third-order valence-electron chi connectivity index (χ3n) is 5.32. The number of rotatable bonds is 12. The van der Waals surface area contributed by atoms with E-state index in [0.29, 0.717) is 50.6 Å². The van der Waals surface area contributed by atoms with Crippen molar-refractivity contribution in [3.05, 3.63) is 93.9 Å². The van der Waals surface area contributed by atoms with Crippen LogP contribution in [0.2, 0.25) is 0 Å². The van der Waals surface area contributed by atoms with Gasteiger partial charge < -0.3 is 19.0 Å². The van der Waals surface area contributed by atoms with Gasteiger partial charge in [-0.25, -0.2) is 0 Å². The van der Waals surface area contributed by atoms with Crippen molar-refractivity contribution in [2.45, 2.75) is 33.4 Å². The molecule has 0 saturated carbocycles. The summed E-state index contributed by atoms with van der Waals surface area (Å²) in [6.07, 6.45) is 0.650. The molecule has 0 aliphatic rings. The van der Waals surface area contributed by atoms with Gasteiger partial charge in [-0.1, -0.05) is 52.3 Å². The van der Waals surface area contributed by atoms with Crippen LogP contribution in [0.3, 0.4) is 0 Å². The fourth-order valence-electron chi connectivity index (χ4n) is 3.62. The Labute approximate surface area is 209 Å². The van der Waals surface area contributed by atoms with Gasteiger partial charge in [0.25, 0.3) is 5.91 Å². The zero-order chi connectivity index (χ0) is 24.3. The van der Waals surface area contributed by atoms with Crippen molar-refractivity contribution in [1.29, 1.82) is 0 Å². The minimum atomic E-state index is -0.181. The van der Waals surface area contributed by atoms with Crippen LogP contribution in [0, 0.1) is 6.92 Å². The minimum absolute atomic E-state index is 0.0238. The maximum Gasteiger partial charge on any atom is 0.254 e. The molecule has 180 valence electrons. The number of carbonyl (C=O) groups is 2. The van der Waals surface area contributed by atoms with Crippen molar-refractivity contribution in [2.24, 2.45) is 0 Å². The number of ether oxygens (including phenoxy) is 1. The number of furan rings is 1. The molecule has 6 nitrogen and oxygen atoms in total. The number of benzene rings is 2. The highest BCUT2D eigenvalue weighted by molar-refractivity contribution is 9.10. The van der Waals surface area contributed by atoms with Crippen LogP contribution in [0.1, 0.15) is 40.8 Å². The molecule has 0 N–H and O–H groups in total. The van der Waals surface area contributed by atoms with Gasteiger partial charge in [-0.2, -0.15) is 0 Å². The van der Waals surface area contributed by atoms with Crippen molar-refractivity contribution in [1.82, 2.24) is 9.80 Å². The van der Waals surface area contributed by atoms with Gasteiger partial charge in [0.15, 0.2) is 0 Å². The van der Waals surface area contributed by atoms with Gasteiger partial charge in [0.05, 0.1) is 6.54 Å². The standard InChI is InChI=1S/C27H31BrN2O4/c1-3-33-16-8-15-29(27(32)23-11-7-12-24(28)17-23)20-26(31)30(18-22-9-5-4-6-10-22)19-25-14-13-21(2)34-25/h4-7,9-14,17H,3,8,15-16,18-20H2,1-2H3. The lowest BCUT2D eigenvalue weighted by molar-refractivity contribution is -0.133. The topological polar surface area (TPSA) is 63.0 Å². The minimum Gasteiger partial charge on any atom is -0.464 e. The quantitative estimate of drug-likeness (QED) is 0.294. The molecule has 0 bridgehead atoms. The molecule has 0 spiro atoms. The normalized spacial score (nSPS) is 10.8. The van der Waals surface area contributed by atoms with E-state index in [1.54, 1.807) is 21.9 Å². The summed E-state index contributed by atoms with van der Waals surface area (Å²) < 4.78 is 12.0. The fraction of sp³-hybridized carbons (Fsp3) is 0.333. The van der Waals surface area contributed by atoms with E-state index in [4.69, 9.17) is 9.15 Å². The van der Waals surface area contributed by atoms with Crippen LogP contribution in [0.25, 0.3) is 0 Å². The molecule has 0 saturated heterocycles. The maximum atomic E-state index is 13.5.